The predicted octanol–water partition coefficient (Wildman–Crippen LogP) is 1.87. The molecule has 0 saturated carbocycles. The van der Waals surface area contributed by atoms with E-state index in [1.165, 1.54) is 0 Å². The molecule has 0 radical (unpaired) electrons. The zero-order chi connectivity index (χ0) is 9.28. The van der Waals surface area contributed by atoms with Gasteiger partial charge in [0.1, 0.15) is 10.5 Å². The van der Waals surface area contributed by atoms with Crippen molar-refractivity contribution in [1.29, 1.82) is 0 Å². The highest BCUT2D eigenvalue weighted by molar-refractivity contribution is 9.10. The second kappa shape index (κ2) is 3.58. The van der Waals surface area contributed by atoms with E-state index in [0.29, 0.717) is 6.10 Å². The van der Waals surface area contributed by atoms with E-state index in [1.54, 1.807) is 0 Å². The van der Waals surface area contributed by atoms with Crippen LogP contribution in [0.1, 0.15) is 34.6 Å². The molecule has 11 heavy (non-hydrogen) atoms. The summed E-state index contributed by atoms with van der Waals surface area (Å²) in [5, 5.41) is 0. The van der Waals surface area contributed by atoms with Gasteiger partial charge in [-0.05, 0) is 19.3 Å². The number of rotatable bonds is 2. The molecule has 0 aromatic heterocycles. The van der Waals surface area contributed by atoms with Gasteiger partial charge < -0.3 is 4.43 Å². The van der Waals surface area contributed by atoms with Crippen LogP contribution in [-0.4, -0.2) is 20.9 Å². The van der Waals surface area contributed by atoms with Gasteiger partial charge in [-0.25, -0.2) is 0 Å². The topological polar surface area (TPSA) is 9.23 Å². The van der Waals surface area contributed by atoms with E-state index in [2.05, 4.69) is 50.5 Å². The molecule has 0 aromatic rings. The number of alkyl halides is 1. The fraction of sp³-hybridized carbons (Fsp3) is 1.00. The summed E-state index contributed by atoms with van der Waals surface area (Å²) in [4.78, 5) is 0. The lowest BCUT2D eigenvalue weighted by Gasteiger charge is -2.38. The Morgan fingerprint density at radius 3 is 1.55 bits per heavy atom. The molecular weight excluding hydrogens is 220 g/mol. The molecule has 0 saturated heterocycles. The second-order valence-electron chi connectivity index (χ2n) is 4.55. The van der Waals surface area contributed by atoms with Crippen molar-refractivity contribution in [2.75, 3.05) is 0 Å². The molecule has 1 nitrogen and oxygen atoms in total. The zero-order valence-electron chi connectivity index (χ0n) is 8.36. The monoisotopic (exact) mass is 238 g/mol. The SMILES string of the molecule is CC(C)(C)C(O[SiH3])C(C)(C)Br. The van der Waals surface area contributed by atoms with Crippen LogP contribution in [0.3, 0.4) is 0 Å². The van der Waals surface area contributed by atoms with Crippen LogP contribution < -0.4 is 0 Å². The highest BCUT2D eigenvalue weighted by Gasteiger charge is 2.35. The van der Waals surface area contributed by atoms with Gasteiger partial charge >= 0.3 is 0 Å². The molecular formula is C8H19BrOSi. The average molecular weight is 239 g/mol. The van der Waals surface area contributed by atoms with Gasteiger partial charge in [-0.2, -0.15) is 0 Å². The van der Waals surface area contributed by atoms with E-state index in [-0.39, 0.29) is 9.74 Å². The Hall–Kier alpha value is 0.657. The molecule has 0 fully saturated rings. The van der Waals surface area contributed by atoms with Gasteiger partial charge in [0, 0.05) is 4.32 Å². The molecule has 0 amide bonds. The van der Waals surface area contributed by atoms with E-state index >= 15 is 0 Å². The van der Waals surface area contributed by atoms with E-state index in [4.69, 9.17) is 4.43 Å². The van der Waals surface area contributed by atoms with Gasteiger partial charge in [0.05, 0.1) is 6.10 Å². The van der Waals surface area contributed by atoms with E-state index in [0.717, 1.165) is 10.5 Å². The molecule has 0 N–H and O–H groups in total. The molecule has 0 aromatic carbocycles. The largest absolute Gasteiger partial charge is 0.423 e. The third-order valence-corrected chi connectivity index (χ3v) is 2.53. The molecule has 3 heteroatoms. The van der Waals surface area contributed by atoms with Gasteiger partial charge in [-0.3, -0.25) is 0 Å². The maximum absolute atomic E-state index is 5.57. The van der Waals surface area contributed by atoms with Crippen LogP contribution in [0.2, 0.25) is 0 Å². The van der Waals surface area contributed by atoms with Crippen LogP contribution in [0, 0.1) is 5.41 Å². The summed E-state index contributed by atoms with van der Waals surface area (Å²) in [6, 6.07) is 0. The van der Waals surface area contributed by atoms with E-state index in [9.17, 15) is 0 Å². The molecule has 0 spiro atoms. The lowest BCUT2D eigenvalue weighted by molar-refractivity contribution is 0.0722. The first kappa shape index (κ1) is 11.7. The Morgan fingerprint density at radius 2 is 1.55 bits per heavy atom. The summed E-state index contributed by atoms with van der Waals surface area (Å²) in [7, 11) is 0.804. The van der Waals surface area contributed by atoms with Gasteiger partial charge in [0.15, 0.2) is 0 Å². The molecule has 0 rings (SSSR count). The Bertz CT molecular complexity index is 109. The molecule has 0 aliphatic carbocycles. The van der Waals surface area contributed by atoms with Crippen molar-refractivity contribution < 1.29 is 4.43 Å². The maximum atomic E-state index is 5.57. The van der Waals surface area contributed by atoms with Crippen molar-refractivity contribution in [3.63, 3.8) is 0 Å². The lowest BCUT2D eigenvalue weighted by Crippen LogP contribution is -2.42. The quantitative estimate of drug-likeness (QED) is 0.528. The fourth-order valence-electron chi connectivity index (χ4n) is 1.66. The molecule has 0 heterocycles. The molecule has 68 valence electrons. The standard InChI is InChI=1S/C8H19BrOSi/c1-7(2,3)6(10-11)8(4,5)9/h6H,1-5,11H3. The number of hydrogen-bond acceptors (Lipinski definition) is 1. The molecule has 1 unspecified atom stereocenters. The summed E-state index contributed by atoms with van der Waals surface area (Å²) < 4.78 is 5.65. The first-order valence-corrected chi connectivity index (χ1v) is 5.52. The van der Waals surface area contributed by atoms with E-state index in [1.807, 2.05) is 0 Å². The number of halogens is 1. The van der Waals surface area contributed by atoms with Crippen LogP contribution >= 0.6 is 15.9 Å². The Labute approximate surface area is 81.6 Å². The second-order valence-corrected chi connectivity index (χ2v) is 7.06. The Balaban J connectivity index is 4.43. The van der Waals surface area contributed by atoms with Crippen LogP contribution in [0.15, 0.2) is 0 Å². The Morgan fingerprint density at radius 1 is 1.18 bits per heavy atom. The van der Waals surface area contributed by atoms with Gasteiger partial charge in [0.2, 0.25) is 0 Å². The minimum Gasteiger partial charge on any atom is -0.423 e. The van der Waals surface area contributed by atoms with Crippen molar-refractivity contribution in [3.8, 4) is 0 Å². The third kappa shape index (κ3) is 3.72. The minimum atomic E-state index is 0.0764. The average Bonchev–Trinajstić information content (AvgIpc) is 1.56. The lowest BCUT2D eigenvalue weighted by atomic mass is 9.83. The van der Waals surface area contributed by atoms with Crippen LogP contribution in [0.5, 0.6) is 0 Å². The van der Waals surface area contributed by atoms with Crippen molar-refractivity contribution >= 4 is 26.4 Å². The first-order valence-electron chi connectivity index (χ1n) is 3.91. The van der Waals surface area contributed by atoms with Gasteiger partial charge in [-0.1, -0.05) is 36.7 Å². The fourth-order valence-corrected chi connectivity index (χ4v) is 4.18. The molecule has 0 aliphatic rings. The zero-order valence-corrected chi connectivity index (χ0v) is 11.9. The van der Waals surface area contributed by atoms with Crippen molar-refractivity contribution in [2.24, 2.45) is 5.41 Å². The maximum Gasteiger partial charge on any atom is 0.146 e. The summed E-state index contributed by atoms with van der Waals surface area (Å²) >= 11 is 3.64. The van der Waals surface area contributed by atoms with Crippen LogP contribution in [0.4, 0.5) is 0 Å². The predicted molar refractivity (Wildman–Crippen MR) is 57.3 cm³/mol. The van der Waals surface area contributed by atoms with Crippen LogP contribution in [-0.2, 0) is 4.43 Å². The smallest absolute Gasteiger partial charge is 0.146 e. The highest BCUT2D eigenvalue weighted by Crippen LogP contribution is 2.35. The van der Waals surface area contributed by atoms with E-state index < -0.39 is 0 Å². The minimum absolute atomic E-state index is 0.0764. The van der Waals surface area contributed by atoms with Crippen molar-refractivity contribution in [3.05, 3.63) is 0 Å². The number of hydrogen-bond donors (Lipinski definition) is 0. The third-order valence-electron chi connectivity index (χ3n) is 1.65. The van der Waals surface area contributed by atoms with Crippen molar-refractivity contribution in [2.45, 2.75) is 45.0 Å². The molecule has 0 bridgehead atoms. The molecule has 1 atom stereocenters. The Kier molecular flexibility index (Phi) is 3.80. The molecule has 0 aliphatic heterocycles. The summed E-state index contributed by atoms with van der Waals surface area (Å²) in [6.07, 6.45) is 0.293. The first-order chi connectivity index (χ1) is 4.69. The van der Waals surface area contributed by atoms with Crippen molar-refractivity contribution in [1.82, 2.24) is 0 Å². The van der Waals surface area contributed by atoms with Gasteiger partial charge in [-0.15, -0.1) is 0 Å². The highest BCUT2D eigenvalue weighted by atomic mass is 79.9. The van der Waals surface area contributed by atoms with Crippen LogP contribution in [0.25, 0.3) is 0 Å². The summed E-state index contributed by atoms with van der Waals surface area (Å²) in [6.45, 7) is 10.9. The summed E-state index contributed by atoms with van der Waals surface area (Å²) in [5.41, 5.74) is 0.217. The van der Waals surface area contributed by atoms with Gasteiger partial charge in [0.25, 0.3) is 0 Å². The normalized spacial score (nSPS) is 16.9. The summed E-state index contributed by atoms with van der Waals surface area (Å²) in [5.74, 6) is 0.